The Bertz CT molecular complexity index is 37.4. The minimum atomic E-state index is 0.768. The van der Waals surface area contributed by atoms with E-state index in [1.54, 1.807) is 7.11 Å². The molecule has 0 saturated heterocycles. The van der Waals surface area contributed by atoms with Crippen molar-refractivity contribution in [2.45, 2.75) is 12.8 Å². The summed E-state index contributed by atoms with van der Waals surface area (Å²) >= 11 is 6.92. The van der Waals surface area contributed by atoms with Gasteiger partial charge < -0.3 is 4.18 Å². The smallest absolute Gasteiger partial charge is 0.0503 e. The van der Waals surface area contributed by atoms with Crippen molar-refractivity contribution < 1.29 is 4.18 Å². The molecule has 0 heterocycles. The first kappa shape index (κ1) is 8.60. The quantitative estimate of drug-likeness (QED) is 0.342. The maximum Gasteiger partial charge on any atom is 0.0503 e. The molecule has 0 aliphatic rings. The van der Waals surface area contributed by atoms with Gasteiger partial charge in [0.1, 0.15) is 0 Å². The molecule has 8 heavy (non-hydrogen) atoms. The van der Waals surface area contributed by atoms with Gasteiger partial charge in [-0.1, -0.05) is 0 Å². The summed E-state index contributed by atoms with van der Waals surface area (Å²) in [6.07, 6.45) is 2.25. The van der Waals surface area contributed by atoms with Gasteiger partial charge in [-0.25, -0.2) is 0 Å². The molecule has 0 aromatic carbocycles. The second-order valence-corrected chi connectivity index (χ2v) is 2.74. The molecule has 0 rings (SSSR count). The molecule has 0 atom stereocenters. The van der Waals surface area contributed by atoms with Gasteiger partial charge in [-0.05, 0) is 24.9 Å². The lowest BCUT2D eigenvalue weighted by Crippen LogP contribution is -1.80. The number of alkyl halides is 1. The van der Waals surface area contributed by atoms with Crippen LogP contribution in [0.1, 0.15) is 12.8 Å². The lowest BCUT2D eigenvalue weighted by molar-refractivity contribution is 0.489. The number of rotatable bonds is 5. The molecule has 0 saturated carbocycles. The average molecular weight is 155 g/mol. The molecule has 0 spiro atoms. The third-order valence-electron chi connectivity index (χ3n) is 0.729. The zero-order chi connectivity index (χ0) is 6.24. The zero-order valence-corrected chi connectivity index (χ0v) is 6.60. The standard InChI is InChI=1S/C5H11ClOS/c1-7-8-5-3-2-4-6/h2-5H2,1H3. The first-order valence-electron chi connectivity index (χ1n) is 2.63. The molecule has 3 heteroatoms. The van der Waals surface area contributed by atoms with E-state index in [2.05, 4.69) is 0 Å². The van der Waals surface area contributed by atoms with Gasteiger partial charge in [0.25, 0.3) is 0 Å². The molecular weight excluding hydrogens is 144 g/mol. The van der Waals surface area contributed by atoms with Gasteiger partial charge >= 0.3 is 0 Å². The fourth-order valence-electron chi connectivity index (χ4n) is 0.339. The highest BCUT2D eigenvalue weighted by Crippen LogP contribution is 2.03. The number of hydrogen-bond acceptors (Lipinski definition) is 2. The predicted octanol–water partition coefficient (Wildman–Crippen LogP) is 2.30. The molecule has 1 nitrogen and oxygen atoms in total. The Balaban J connectivity index is 2.53. The number of hydrogen-bond donors (Lipinski definition) is 0. The Labute approximate surface area is 59.9 Å². The minimum Gasteiger partial charge on any atom is -0.319 e. The summed E-state index contributed by atoms with van der Waals surface area (Å²) in [7, 11) is 1.69. The Kier molecular flexibility index (Phi) is 8.17. The largest absolute Gasteiger partial charge is 0.319 e. The van der Waals surface area contributed by atoms with E-state index in [9.17, 15) is 0 Å². The Hall–Kier alpha value is 0.600. The lowest BCUT2D eigenvalue weighted by atomic mass is 10.4. The van der Waals surface area contributed by atoms with E-state index in [1.807, 2.05) is 0 Å². The predicted molar refractivity (Wildman–Crippen MR) is 39.4 cm³/mol. The van der Waals surface area contributed by atoms with Crippen LogP contribution in [0.25, 0.3) is 0 Å². The molecule has 0 radical (unpaired) electrons. The van der Waals surface area contributed by atoms with E-state index >= 15 is 0 Å². The highest BCUT2D eigenvalue weighted by atomic mass is 35.5. The molecule has 0 N–H and O–H groups in total. The second-order valence-electron chi connectivity index (χ2n) is 1.38. The van der Waals surface area contributed by atoms with E-state index in [0.29, 0.717) is 0 Å². The molecular formula is C5H11ClOS. The van der Waals surface area contributed by atoms with Crippen LogP contribution in [0.4, 0.5) is 0 Å². The Morgan fingerprint density at radius 2 is 2.25 bits per heavy atom. The summed E-state index contributed by atoms with van der Waals surface area (Å²) in [5, 5.41) is 0. The molecule has 0 amide bonds. The molecule has 0 unspecified atom stereocenters. The first-order chi connectivity index (χ1) is 3.91. The topological polar surface area (TPSA) is 9.23 Å². The molecule has 0 aliphatic carbocycles. The highest BCUT2D eigenvalue weighted by molar-refractivity contribution is 7.94. The van der Waals surface area contributed by atoms with E-state index in [4.69, 9.17) is 15.8 Å². The van der Waals surface area contributed by atoms with Crippen LogP contribution in [0.15, 0.2) is 0 Å². The zero-order valence-electron chi connectivity index (χ0n) is 5.02. The monoisotopic (exact) mass is 154 g/mol. The van der Waals surface area contributed by atoms with Crippen LogP contribution in [0, 0.1) is 0 Å². The Morgan fingerprint density at radius 3 is 2.75 bits per heavy atom. The first-order valence-corrected chi connectivity index (χ1v) is 4.08. The van der Waals surface area contributed by atoms with Gasteiger partial charge in [0.05, 0.1) is 7.11 Å². The van der Waals surface area contributed by atoms with Crippen molar-refractivity contribution in [3.8, 4) is 0 Å². The summed E-state index contributed by atoms with van der Waals surface area (Å²) in [4.78, 5) is 0. The van der Waals surface area contributed by atoms with Crippen LogP contribution in [0.5, 0.6) is 0 Å². The van der Waals surface area contributed by atoms with Crippen molar-refractivity contribution in [1.82, 2.24) is 0 Å². The fourth-order valence-corrected chi connectivity index (χ4v) is 1.02. The summed E-state index contributed by atoms with van der Waals surface area (Å²) < 4.78 is 4.76. The summed E-state index contributed by atoms with van der Waals surface area (Å²) in [6, 6.07) is 0. The van der Waals surface area contributed by atoms with Gasteiger partial charge in [0.2, 0.25) is 0 Å². The minimum absolute atomic E-state index is 0.768. The molecule has 50 valence electrons. The van der Waals surface area contributed by atoms with Gasteiger partial charge in [0, 0.05) is 11.6 Å². The maximum atomic E-state index is 5.43. The number of halogens is 1. The van der Waals surface area contributed by atoms with Gasteiger partial charge in [-0.3, -0.25) is 0 Å². The van der Waals surface area contributed by atoms with E-state index in [0.717, 1.165) is 24.5 Å². The van der Waals surface area contributed by atoms with Crippen LogP contribution in [0.3, 0.4) is 0 Å². The Morgan fingerprint density at radius 1 is 1.50 bits per heavy atom. The second kappa shape index (κ2) is 7.60. The van der Waals surface area contributed by atoms with Crippen molar-refractivity contribution in [2.75, 3.05) is 18.7 Å². The molecule has 0 aromatic rings. The molecule has 0 fully saturated rings. The fraction of sp³-hybridized carbons (Fsp3) is 1.00. The lowest BCUT2D eigenvalue weighted by Gasteiger charge is -1.93. The maximum absolute atomic E-state index is 5.43. The molecule has 0 aromatic heterocycles. The van der Waals surface area contributed by atoms with Gasteiger partial charge in [0.15, 0.2) is 0 Å². The van der Waals surface area contributed by atoms with Crippen LogP contribution in [-0.4, -0.2) is 18.7 Å². The normalized spacial score (nSPS) is 9.75. The molecule has 0 bridgehead atoms. The van der Waals surface area contributed by atoms with Crippen LogP contribution in [-0.2, 0) is 4.18 Å². The average Bonchev–Trinajstić information content (AvgIpc) is 1.81. The van der Waals surface area contributed by atoms with Gasteiger partial charge in [-0.2, -0.15) is 0 Å². The molecule has 0 aliphatic heterocycles. The van der Waals surface area contributed by atoms with Crippen molar-refractivity contribution in [3.05, 3.63) is 0 Å². The number of unbranched alkanes of at least 4 members (excludes halogenated alkanes) is 1. The van der Waals surface area contributed by atoms with Crippen LogP contribution in [0.2, 0.25) is 0 Å². The third-order valence-corrected chi connectivity index (χ3v) is 1.69. The summed E-state index contributed by atoms with van der Waals surface area (Å²) in [5.74, 6) is 1.83. The van der Waals surface area contributed by atoms with E-state index in [1.165, 1.54) is 12.0 Å². The van der Waals surface area contributed by atoms with Crippen LogP contribution >= 0.6 is 23.6 Å². The SMILES string of the molecule is COSCCCCCl. The van der Waals surface area contributed by atoms with Crippen molar-refractivity contribution in [1.29, 1.82) is 0 Å². The third kappa shape index (κ3) is 6.60. The summed E-state index contributed by atoms with van der Waals surface area (Å²) in [6.45, 7) is 0. The van der Waals surface area contributed by atoms with E-state index < -0.39 is 0 Å². The van der Waals surface area contributed by atoms with Crippen molar-refractivity contribution >= 4 is 23.6 Å². The van der Waals surface area contributed by atoms with Gasteiger partial charge in [-0.15, -0.1) is 11.6 Å². The van der Waals surface area contributed by atoms with Crippen LogP contribution < -0.4 is 0 Å². The van der Waals surface area contributed by atoms with Crippen molar-refractivity contribution in [3.63, 3.8) is 0 Å². The highest BCUT2D eigenvalue weighted by Gasteiger charge is 1.85. The van der Waals surface area contributed by atoms with Crippen molar-refractivity contribution in [2.24, 2.45) is 0 Å². The summed E-state index contributed by atoms with van der Waals surface area (Å²) in [5.41, 5.74) is 0. The van der Waals surface area contributed by atoms with E-state index in [-0.39, 0.29) is 0 Å².